The van der Waals surface area contributed by atoms with E-state index in [-0.39, 0.29) is 17.8 Å². The van der Waals surface area contributed by atoms with Crippen molar-refractivity contribution in [3.63, 3.8) is 0 Å². The van der Waals surface area contributed by atoms with E-state index >= 15 is 0 Å². The van der Waals surface area contributed by atoms with Crippen molar-refractivity contribution in [3.05, 3.63) is 36.2 Å². The number of nitrogens with one attached hydrogen (secondary N) is 2. The molecule has 9 nitrogen and oxygen atoms in total. The number of nitrogens with zero attached hydrogens (tertiary/aromatic N) is 4. The molecule has 2 fully saturated rings. The number of hydrogen-bond donors (Lipinski definition) is 2. The number of amides is 3. The number of ether oxygens (including phenoxy) is 1. The SMILES string of the molecule is CC1CCN(Cc2nnc(SCC(=O)NC(=O)Nc3ccccc3)n2CC2CCCO2)CC1. The van der Waals surface area contributed by atoms with Gasteiger partial charge in [0.2, 0.25) is 5.91 Å². The predicted octanol–water partition coefficient (Wildman–Crippen LogP) is 3.13. The molecule has 4 rings (SSSR count). The van der Waals surface area contributed by atoms with Gasteiger partial charge >= 0.3 is 6.03 Å². The summed E-state index contributed by atoms with van der Waals surface area (Å²) in [5.41, 5.74) is 0.628. The van der Waals surface area contributed by atoms with Gasteiger partial charge in [-0.05, 0) is 56.8 Å². The first kappa shape index (κ1) is 23.7. The molecule has 0 radical (unpaired) electrons. The normalized spacial score (nSPS) is 19.5. The molecule has 33 heavy (non-hydrogen) atoms. The summed E-state index contributed by atoms with van der Waals surface area (Å²) in [5, 5.41) is 14.5. The van der Waals surface area contributed by atoms with Crippen LogP contribution in [0.25, 0.3) is 0 Å². The summed E-state index contributed by atoms with van der Waals surface area (Å²) in [4.78, 5) is 26.8. The standard InChI is InChI=1S/C23H32N6O3S/c1-17-9-11-28(12-10-17)15-20-26-27-23(29(20)14-19-8-5-13-32-19)33-16-21(30)25-22(31)24-18-6-3-2-4-7-18/h2-4,6-7,17,19H,5,8-16H2,1H3,(H2,24,25,30,31). The minimum Gasteiger partial charge on any atom is -0.376 e. The van der Waals surface area contributed by atoms with Crippen LogP contribution in [0.4, 0.5) is 10.5 Å². The molecule has 10 heteroatoms. The summed E-state index contributed by atoms with van der Waals surface area (Å²) >= 11 is 1.29. The summed E-state index contributed by atoms with van der Waals surface area (Å²) in [6, 6.07) is 8.46. The molecule has 178 valence electrons. The lowest BCUT2D eigenvalue weighted by molar-refractivity contribution is -0.117. The molecule has 0 saturated carbocycles. The average molecular weight is 473 g/mol. The molecule has 3 amide bonds. The number of carbonyl (C=O) groups excluding carboxylic acids is 2. The lowest BCUT2D eigenvalue weighted by atomic mass is 9.99. The van der Waals surface area contributed by atoms with Gasteiger partial charge in [0.05, 0.1) is 24.9 Å². The fraction of sp³-hybridized carbons (Fsp3) is 0.565. The van der Waals surface area contributed by atoms with E-state index < -0.39 is 6.03 Å². The van der Waals surface area contributed by atoms with E-state index in [1.54, 1.807) is 12.1 Å². The highest BCUT2D eigenvalue weighted by Gasteiger charge is 2.24. The molecule has 0 aliphatic carbocycles. The Morgan fingerprint density at radius 2 is 1.94 bits per heavy atom. The van der Waals surface area contributed by atoms with Crippen LogP contribution in [0.1, 0.15) is 38.4 Å². The predicted molar refractivity (Wildman–Crippen MR) is 127 cm³/mol. The van der Waals surface area contributed by atoms with Gasteiger partial charge in [0.1, 0.15) is 5.82 Å². The lowest BCUT2D eigenvalue weighted by Crippen LogP contribution is -2.35. The Bertz CT molecular complexity index is 924. The van der Waals surface area contributed by atoms with Crippen LogP contribution in [0.2, 0.25) is 0 Å². The smallest absolute Gasteiger partial charge is 0.325 e. The number of aromatic nitrogens is 3. The largest absolute Gasteiger partial charge is 0.376 e. The van der Waals surface area contributed by atoms with E-state index in [4.69, 9.17) is 4.74 Å². The highest BCUT2D eigenvalue weighted by molar-refractivity contribution is 7.99. The Labute approximate surface area is 198 Å². The van der Waals surface area contributed by atoms with Crippen molar-refractivity contribution in [2.45, 2.75) is 57.0 Å². The van der Waals surface area contributed by atoms with Crippen LogP contribution in [-0.4, -0.2) is 63.2 Å². The van der Waals surface area contributed by atoms with Gasteiger partial charge in [0.15, 0.2) is 5.16 Å². The minimum atomic E-state index is -0.548. The maximum absolute atomic E-state index is 12.3. The zero-order valence-corrected chi connectivity index (χ0v) is 19.9. The Hall–Kier alpha value is -2.43. The zero-order chi connectivity index (χ0) is 23.0. The highest BCUT2D eigenvalue weighted by Crippen LogP contribution is 2.23. The average Bonchev–Trinajstić information content (AvgIpc) is 3.45. The first-order valence-electron chi connectivity index (χ1n) is 11.6. The van der Waals surface area contributed by atoms with Crippen LogP contribution in [0.5, 0.6) is 0 Å². The van der Waals surface area contributed by atoms with Gasteiger partial charge < -0.3 is 14.6 Å². The van der Waals surface area contributed by atoms with Gasteiger partial charge in [-0.25, -0.2) is 4.79 Å². The van der Waals surface area contributed by atoms with Crippen molar-refractivity contribution >= 4 is 29.4 Å². The Balaban J connectivity index is 1.34. The van der Waals surface area contributed by atoms with E-state index in [9.17, 15) is 9.59 Å². The van der Waals surface area contributed by atoms with E-state index in [1.165, 1.54) is 24.6 Å². The Morgan fingerprint density at radius 1 is 1.15 bits per heavy atom. The van der Waals surface area contributed by atoms with Crippen molar-refractivity contribution in [3.8, 4) is 0 Å². The Kier molecular flexibility index (Phi) is 8.35. The molecule has 1 aromatic carbocycles. The molecule has 1 atom stereocenters. The van der Waals surface area contributed by atoms with Crippen molar-refractivity contribution < 1.29 is 14.3 Å². The number of benzene rings is 1. The van der Waals surface area contributed by atoms with Crippen LogP contribution >= 0.6 is 11.8 Å². The number of piperidine rings is 1. The number of para-hydroxylation sites is 1. The van der Waals surface area contributed by atoms with Crippen LogP contribution in [0.3, 0.4) is 0 Å². The maximum Gasteiger partial charge on any atom is 0.325 e. The lowest BCUT2D eigenvalue weighted by Gasteiger charge is -2.29. The maximum atomic E-state index is 12.3. The molecule has 0 bridgehead atoms. The molecule has 0 spiro atoms. The van der Waals surface area contributed by atoms with Crippen molar-refractivity contribution in [1.82, 2.24) is 25.0 Å². The number of carbonyl (C=O) groups is 2. The van der Waals surface area contributed by atoms with Gasteiger partial charge in [-0.3, -0.25) is 15.0 Å². The molecule has 2 aromatic rings. The third-order valence-electron chi connectivity index (χ3n) is 6.06. The number of imide groups is 1. The van der Waals surface area contributed by atoms with Gasteiger partial charge in [-0.15, -0.1) is 10.2 Å². The van der Waals surface area contributed by atoms with Crippen molar-refractivity contribution in [1.29, 1.82) is 0 Å². The second-order valence-electron chi connectivity index (χ2n) is 8.76. The number of anilines is 1. The van der Waals surface area contributed by atoms with Crippen LogP contribution in [-0.2, 0) is 22.6 Å². The summed E-state index contributed by atoms with van der Waals surface area (Å²) in [7, 11) is 0. The zero-order valence-electron chi connectivity index (χ0n) is 19.0. The van der Waals surface area contributed by atoms with Crippen molar-refractivity contribution in [2.75, 3.05) is 30.8 Å². The van der Waals surface area contributed by atoms with Gasteiger partial charge in [-0.2, -0.15) is 0 Å². The minimum absolute atomic E-state index is 0.0765. The first-order chi connectivity index (χ1) is 16.1. The summed E-state index contributed by atoms with van der Waals surface area (Å²) in [6.45, 7) is 6.65. The van der Waals surface area contributed by atoms with Crippen LogP contribution in [0.15, 0.2) is 35.5 Å². The van der Waals surface area contributed by atoms with Gasteiger partial charge in [-0.1, -0.05) is 36.9 Å². The molecule has 1 unspecified atom stereocenters. The monoisotopic (exact) mass is 472 g/mol. The highest BCUT2D eigenvalue weighted by atomic mass is 32.2. The molecular formula is C23H32N6O3S. The van der Waals surface area contributed by atoms with E-state index in [1.807, 2.05) is 18.2 Å². The summed E-state index contributed by atoms with van der Waals surface area (Å²) in [5.74, 6) is 1.37. The molecule has 1 aromatic heterocycles. The fourth-order valence-electron chi connectivity index (χ4n) is 4.11. The topological polar surface area (TPSA) is 101 Å². The third kappa shape index (κ3) is 7.02. The van der Waals surface area contributed by atoms with Gasteiger partial charge in [0.25, 0.3) is 0 Å². The number of rotatable bonds is 8. The second kappa shape index (κ2) is 11.6. The number of hydrogen-bond acceptors (Lipinski definition) is 7. The summed E-state index contributed by atoms with van der Waals surface area (Å²) < 4.78 is 7.94. The molecular weight excluding hydrogens is 440 g/mol. The van der Waals surface area contributed by atoms with E-state index in [0.717, 1.165) is 50.8 Å². The molecule has 2 aliphatic heterocycles. The number of thioether (sulfide) groups is 1. The number of likely N-dealkylation sites (tertiary alicyclic amines) is 1. The molecule has 3 heterocycles. The van der Waals surface area contributed by atoms with Crippen LogP contribution in [0, 0.1) is 5.92 Å². The molecule has 2 aliphatic rings. The second-order valence-corrected chi connectivity index (χ2v) is 9.70. The fourth-order valence-corrected chi connectivity index (χ4v) is 4.88. The van der Waals surface area contributed by atoms with E-state index in [0.29, 0.717) is 17.4 Å². The van der Waals surface area contributed by atoms with Crippen molar-refractivity contribution in [2.24, 2.45) is 5.92 Å². The summed E-state index contributed by atoms with van der Waals surface area (Å²) in [6.07, 6.45) is 4.63. The molecule has 2 N–H and O–H groups in total. The quantitative estimate of drug-likeness (QED) is 0.569. The van der Waals surface area contributed by atoms with E-state index in [2.05, 4.69) is 37.2 Å². The number of urea groups is 1. The first-order valence-corrected chi connectivity index (χ1v) is 12.6. The van der Waals surface area contributed by atoms with Crippen LogP contribution < -0.4 is 10.6 Å². The van der Waals surface area contributed by atoms with Gasteiger partial charge in [0, 0.05) is 12.3 Å². The third-order valence-corrected chi connectivity index (χ3v) is 7.03. The Morgan fingerprint density at radius 3 is 2.67 bits per heavy atom. The molecule has 2 saturated heterocycles.